The van der Waals surface area contributed by atoms with E-state index in [1.54, 1.807) is 5.57 Å². The van der Waals surface area contributed by atoms with Crippen LogP contribution < -0.4 is 10.1 Å². The van der Waals surface area contributed by atoms with Gasteiger partial charge in [0.2, 0.25) is 0 Å². The zero-order chi connectivity index (χ0) is 18.2. The van der Waals surface area contributed by atoms with E-state index < -0.39 is 0 Å². The van der Waals surface area contributed by atoms with Crippen molar-refractivity contribution in [1.29, 1.82) is 0 Å². The molecule has 0 aromatic heterocycles. The Bertz CT molecular complexity index is 621. The summed E-state index contributed by atoms with van der Waals surface area (Å²) in [5, 5.41) is 3.00. The lowest BCUT2D eigenvalue weighted by molar-refractivity contribution is 0.148. The molecule has 0 atom stereocenters. The van der Waals surface area contributed by atoms with Crippen LogP contribution in [0.2, 0.25) is 0 Å². The minimum atomic E-state index is -0.0354. The number of urea groups is 1. The molecule has 26 heavy (non-hydrogen) atoms. The number of piperazine rings is 1. The lowest BCUT2D eigenvalue weighted by Crippen LogP contribution is -2.50. The van der Waals surface area contributed by atoms with Crippen LogP contribution in [0.25, 0.3) is 0 Å². The molecule has 1 fully saturated rings. The van der Waals surface area contributed by atoms with Gasteiger partial charge < -0.3 is 15.0 Å². The van der Waals surface area contributed by atoms with Crippen molar-refractivity contribution in [3.8, 4) is 5.75 Å². The first-order valence-electron chi connectivity index (χ1n) is 9.94. The van der Waals surface area contributed by atoms with E-state index >= 15 is 0 Å². The first-order valence-corrected chi connectivity index (χ1v) is 9.94. The Morgan fingerprint density at radius 3 is 2.69 bits per heavy atom. The summed E-state index contributed by atoms with van der Waals surface area (Å²) in [6, 6.07) is 7.57. The van der Waals surface area contributed by atoms with Crippen molar-refractivity contribution in [2.45, 2.75) is 39.0 Å². The standard InChI is InChI=1S/C21H31N3O2/c1-2-26-20-11-7-6-10-19(20)22-21(25)24-16-14-23(15-17-24)13-12-18-8-4-3-5-9-18/h6-8,10-11H,2-5,9,12-17H2,1H3,(H,22,25). The predicted molar refractivity (Wildman–Crippen MR) is 106 cm³/mol. The summed E-state index contributed by atoms with van der Waals surface area (Å²) in [5.41, 5.74) is 2.37. The first kappa shape index (κ1) is 18.8. The quantitative estimate of drug-likeness (QED) is 0.779. The van der Waals surface area contributed by atoms with E-state index in [4.69, 9.17) is 4.74 Å². The van der Waals surface area contributed by atoms with Crippen LogP contribution in [0.1, 0.15) is 39.0 Å². The fourth-order valence-corrected chi connectivity index (χ4v) is 3.65. The highest BCUT2D eigenvalue weighted by Crippen LogP contribution is 2.24. The van der Waals surface area contributed by atoms with E-state index in [0.29, 0.717) is 6.61 Å². The van der Waals surface area contributed by atoms with Gasteiger partial charge in [-0.05, 0) is 51.2 Å². The molecule has 3 rings (SSSR count). The number of hydrogen-bond donors (Lipinski definition) is 1. The molecule has 1 aliphatic carbocycles. The van der Waals surface area contributed by atoms with Crippen LogP contribution in [-0.2, 0) is 0 Å². The van der Waals surface area contributed by atoms with E-state index in [2.05, 4.69) is 16.3 Å². The second kappa shape index (κ2) is 9.62. The maximum atomic E-state index is 12.6. The summed E-state index contributed by atoms with van der Waals surface area (Å²) in [7, 11) is 0. The van der Waals surface area contributed by atoms with Crippen LogP contribution in [0.3, 0.4) is 0 Å². The first-order chi connectivity index (χ1) is 12.8. The van der Waals surface area contributed by atoms with Gasteiger partial charge in [0.25, 0.3) is 0 Å². The Balaban J connectivity index is 1.44. The van der Waals surface area contributed by atoms with Gasteiger partial charge in [-0.15, -0.1) is 0 Å². The van der Waals surface area contributed by atoms with Gasteiger partial charge >= 0.3 is 6.03 Å². The van der Waals surface area contributed by atoms with E-state index in [1.807, 2.05) is 36.1 Å². The number of para-hydroxylation sites is 2. The normalized spacial score (nSPS) is 18.3. The minimum Gasteiger partial charge on any atom is -0.492 e. The molecule has 2 aliphatic rings. The van der Waals surface area contributed by atoms with Crippen LogP contribution in [-0.4, -0.2) is 55.2 Å². The number of nitrogens with one attached hydrogen (secondary N) is 1. The Morgan fingerprint density at radius 2 is 1.96 bits per heavy atom. The molecule has 0 spiro atoms. The molecule has 5 heteroatoms. The van der Waals surface area contributed by atoms with Gasteiger partial charge in [-0.1, -0.05) is 23.8 Å². The van der Waals surface area contributed by atoms with Gasteiger partial charge in [-0.3, -0.25) is 4.90 Å². The zero-order valence-corrected chi connectivity index (χ0v) is 15.9. The average Bonchev–Trinajstić information content (AvgIpc) is 2.69. The monoisotopic (exact) mass is 357 g/mol. The van der Waals surface area contributed by atoms with Crippen LogP contribution >= 0.6 is 0 Å². The fourth-order valence-electron chi connectivity index (χ4n) is 3.65. The highest BCUT2D eigenvalue weighted by atomic mass is 16.5. The summed E-state index contributed by atoms with van der Waals surface area (Å²) < 4.78 is 5.59. The Kier molecular flexibility index (Phi) is 6.95. The molecule has 0 bridgehead atoms. The summed E-state index contributed by atoms with van der Waals surface area (Å²) >= 11 is 0. The van der Waals surface area contributed by atoms with Crippen molar-refractivity contribution in [2.24, 2.45) is 0 Å². The number of nitrogens with zero attached hydrogens (tertiary/aromatic N) is 2. The maximum Gasteiger partial charge on any atom is 0.322 e. The van der Waals surface area contributed by atoms with Crippen molar-refractivity contribution < 1.29 is 9.53 Å². The molecule has 1 aromatic rings. The highest BCUT2D eigenvalue weighted by Gasteiger charge is 2.22. The number of hydrogen-bond acceptors (Lipinski definition) is 3. The number of ether oxygens (including phenoxy) is 1. The molecule has 142 valence electrons. The second-order valence-corrected chi connectivity index (χ2v) is 7.05. The molecular weight excluding hydrogens is 326 g/mol. The lowest BCUT2D eigenvalue weighted by atomic mass is 9.97. The lowest BCUT2D eigenvalue weighted by Gasteiger charge is -2.35. The van der Waals surface area contributed by atoms with Crippen molar-refractivity contribution in [1.82, 2.24) is 9.80 Å². The zero-order valence-electron chi connectivity index (χ0n) is 15.9. The van der Waals surface area contributed by atoms with Gasteiger partial charge in [0.15, 0.2) is 0 Å². The summed E-state index contributed by atoms with van der Waals surface area (Å²) in [4.78, 5) is 16.9. The average molecular weight is 357 g/mol. The Hall–Kier alpha value is -2.01. The molecule has 1 saturated heterocycles. The van der Waals surface area contributed by atoms with Gasteiger partial charge in [0.05, 0.1) is 12.3 Å². The van der Waals surface area contributed by atoms with Crippen molar-refractivity contribution in [3.05, 3.63) is 35.9 Å². The molecule has 1 aliphatic heterocycles. The third-order valence-electron chi connectivity index (χ3n) is 5.22. The van der Waals surface area contributed by atoms with Crippen molar-refractivity contribution in [2.75, 3.05) is 44.6 Å². The van der Waals surface area contributed by atoms with Crippen LogP contribution in [0.15, 0.2) is 35.9 Å². The largest absolute Gasteiger partial charge is 0.492 e. The smallest absolute Gasteiger partial charge is 0.322 e. The number of benzene rings is 1. The second-order valence-electron chi connectivity index (χ2n) is 7.05. The summed E-state index contributed by atoms with van der Waals surface area (Å²) in [5.74, 6) is 0.725. The van der Waals surface area contributed by atoms with Crippen LogP contribution in [0.4, 0.5) is 10.5 Å². The Labute approximate surface area is 157 Å². The number of anilines is 1. The van der Waals surface area contributed by atoms with Crippen molar-refractivity contribution >= 4 is 11.7 Å². The topological polar surface area (TPSA) is 44.8 Å². The molecule has 0 saturated carbocycles. The van der Waals surface area contributed by atoms with E-state index in [-0.39, 0.29) is 6.03 Å². The molecule has 0 radical (unpaired) electrons. The third-order valence-corrected chi connectivity index (χ3v) is 5.22. The van der Waals surface area contributed by atoms with Gasteiger partial charge in [-0.2, -0.15) is 0 Å². The van der Waals surface area contributed by atoms with E-state index in [9.17, 15) is 4.79 Å². The maximum absolute atomic E-state index is 12.6. The highest BCUT2D eigenvalue weighted by molar-refractivity contribution is 5.91. The number of carbonyl (C=O) groups excluding carboxylic acids is 1. The minimum absolute atomic E-state index is 0.0354. The predicted octanol–water partition coefficient (Wildman–Crippen LogP) is 4.13. The summed E-state index contributed by atoms with van der Waals surface area (Å²) in [6.45, 7) is 7.11. The molecule has 5 nitrogen and oxygen atoms in total. The molecule has 0 unspecified atom stereocenters. The van der Waals surface area contributed by atoms with Crippen molar-refractivity contribution in [3.63, 3.8) is 0 Å². The van der Waals surface area contributed by atoms with Gasteiger partial charge in [-0.25, -0.2) is 4.79 Å². The van der Waals surface area contributed by atoms with Crippen LogP contribution in [0, 0.1) is 0 Å². The molecule has 1 aromatic carbocycles. The van der Waals surface area contributed by atoms with E-state index in [0.717, 1.165) is 44.2 Å². The molecule has 1 N–H and O–H groups in total. The number of amides is 2. The SMILES string of the molecule is CCOc1ccccc1NC(=O)N1CCN(CCC2=CCCCC2)CC1. The Morgan fingerprint density at radius 1 is 1.15 bits per heavy atom. The number of carbonyl (C=O) groups is 1. The number of allylic oxidation sites excluding steroid dienone is 1. The van der Waals surface area contributed by atoms with E-state index in [1.165, 1.54) is 32.1 Å². The molecule has 2 amide bonds. The van der Waals surface area contributed by atoms with Gasteiger partial charge in [0, 0.05) is 32.7 Å². The van der Waals surface area contributed by atoms with Crippen LogP contribution in [0.5, 0.6) is 5.75 Å². The number of rotatable bonds is 6. The summed E-state index contributed by atoms with van der Waals surface area (Å²) in [6.07, 6.45) is 8.86. The third kappa shape index (κ3) is 5.24. The molecular formula is C21H31N3O2. The van der Waals surface area contributed by atoms with Gasteiger partial charge in [0.1, 0.15) is 5.75 Å². The fraction of sp³-hybridized carbons (Fsp3) is 0.571. The molecule has 1 heterocycles.